The largest absolute Gasteiger partial charge is 0.493 e. The maximum Gasteiger partial charge on any atom is 0.225 e. The third-order valence-electron chi connectivity index (χ3n) is 2.96. The molecule has 0 fully saturated rings. The van der Waals surface area contributed by atoms with E-state index >= 15 is 0 Å². The summed E-state index contributed by atoms with van der Waals surface area (Å²) in [6.07, 6.45) is 0.383. The van der Waals surface area contributed by atoms with Crippen LogP contribution >= 0.6 is 0 Å². The first-order valence-corrected chi connectivity index (χ1v) is 7.15. The molecule has 0 spiro atoms. The predicted octanol–water partition coefficient (Wildman–Crippen LogP) is 2.43. The number of carbonyl (C=O) groups excluding carboxylic acids is 1. The number of nitrogens with one attached hydrogen (secondary N) is 2. The first-order valence-electron chi connectivity index (χ1n) is 7.15. The molecule has 0 radical (unpaired) electrons. The molecule has 0 saturated carbocycles. The summed E-state index contributed by atoms with van der Waals surface area (Å²) in [6.45, 7) is 6.79. The summed E-state index contributed by atoms with van der Waals surface area (Å²) in [5, 5.41) is 6.11. The van der Waals surface area contributed by atoms with Crippen molar-refractivity contribution in [1.29, 1.82) is 0 Å². The van der Waals surface area contributed by atoms with Crippen molar-refractivity contribution in [3.05, 3.63) is 12.1 Å². The lowest BCUT2D eigenvalue weighted by Crippen LogP contribution is -2.37. The molecule has 0 bridgehead atoms. The summed E-state index contributed by atoms with van der Waals surface area (Å²) >= 11 is 0. The van der Waals surface area contributed by atoms with Crippen LogP contribution in [0.2, 0.25) is 0 Å². The second-order valence-corrected chi connectivity index (χ2v) is 5.89. The quantitative estimate of drug-likeness (QED) is 0.809. The second kappa shape index (κ2) is 7.89. The van der Waals surface area contributed by atoms with E-state index in [0.717, 1.165) is 0 Å². The van der Waals surface area contributed by atoms with Gasteiger partial charge in [-0.3, -0.25) is 4.79 Å². The zero-order valence-electron chi connectivity index (χ0n) is 14.2. The van der Waals surface area contributed by atoms with Gasteiger partial charge in [0, 0.05) is 36.3 Å². The molecule has 6 nitrogen and oxygen atoms in total. The second-order valence-electron chi connectivity index (χ2n) is 5.89. The highest BCUT2D eigenvalue weighted by Gasteiger charge is 2.15. The van der Waals surface area contributed by atoms with E-state index in [4.69, 9.17) is 14.2 Å². The molecule has 0 atom stereocenters. The van der Waals surface area contributed by atoms with Crippen molar-refractivity contribution in [1.82, 2.24) is 5.32 Å². The van der Waals surface area contributed by atoms with Crippen LogP contribution in [0, 0.1) is 0 Å². The lowest BCUT2D eigenvalue weighted by Gasteiger charge is -2.20. The Labute approximate surface area is 132 Å². The van der Waals surface area contributed by atoms with Gasteiger partial charge in [-0.2, -0.15) is 0 Å². The van der Waals surface area contributed by atoms with E-state index in [1.54, 1.807) is 12.1 Å². The zero-order valence-corrected chi connectivity index (χ0v) is 14.2. The van der Waals surface area contributed by atoms with Gasteiger partial charge in [-0.1, -0.05) is 0 Å². The first kappa shape index (κ1) is 18.1. The lowest BCUT2D eigenvalue weighted by molar-refractivity contribution is -0.116. The molecule has 2 N–H and O–H groups in total. The normalized spacial score (nSPS) is 11.0. The topological polar surface area (TPSA) is 68.8 Å². The summed E-state index contributed by atoms with van der Waals surface area (Å²) in [5.41, 5.74) is 0.600. The van der Waals surface area contributed by atoms with Crippen LogP contribution in [0.25, 0.3) is 0 Å². The van der Waals surface area contributed by atoms with E-state index in [9.17, 15) is 4.79 Å². The molecule has 1 aromatic rings. The number of rotatable bonds is 7. The smallest absolute Gasteiger partial charge is 0.225 e. The molecule has 0 aliphatic rings. The number of methoxy groups -OCH3 is 3. The van der Waals surface area contributed by atoms with Crippen molar-refractivity contribution in [3.63, 3.8) is 0 Å². The van der Waals surface area contributed by atoms with Crippen LogP contribution in [-0.4, -0.2) is 39.3 Å². The highest BCUT2D eigenvalue weighted by atomic mass is 16.5. The van der Waals surface area contributed by atoms with Crippen LogP contribution in [-0.2, 0) is 4.79 Å². The van der Waals surface area contributed by atoms with Crippen LogP contribution in [0.15, 0.2) is 12.1 Å². The Kier molecular flexibility index (Phi) is 6.49. The fourth-order valence-electron chi connectivity index (χ4n) is 1.93. The van der Waals surface area contributed by atoms with Crippen molar-refractivity contribution >= 4 is 11.6 Å². The lowest BCUT2D eigenvalue weighted by atomic mass is 10.1. The molecule has 1 rings (SSSR count). The molecule has 1 aromatic carbocycles. The zero-order chi connectivity index (χ0) is 16.8. The molecule has 0 heterocycles. The maximum absolute atomic E-state index is 12.0. The number of anilines is 1. The molecule has 1 amide bonds. The molecular formula is C16H26N2O4. The molecule has 0 aliphatic heterocycles. The molecule has 0 unspecified atom stereocenters. The van der Waals surface area contributed by atoms with E-state index in [2.05, 4.69) is 31.4 Å². The van der Waals surface area contributed by atoms with Crippen molar-refractivity contribution in [2.45, 2.75) is 32.7 Å². The number of benzene rings is 1. The summed E-state index contributed by atoms with van der Waals surface area (Å²) in [4.78, 5) is 12.0. The Hall–Kier alpha value is -1.95. The molecule has 22 heavy (non-hydrogen) atoms. The summed E-state index contributed by atoms with van der Waals surface area (Å²) in [6, 6.07) is 3.41. The van der Waals surface area contributed by atoms with Crippen LogP contribution < -0.4 is 24.8 Å². The third kappa shape index (κ3) is 5.44. The van der Waals surface area contributed by atoms with Gasteiger partial charge in [-0.15, -0.1) is 0 Å². The fourth-order valence-corrected chi connectivity index (χ4v) is 1.93. The third-order valence-corrected chi connectivity index (χ3v) is 2.96. The number of hydrogen-bond donors (Lipinski definition) is 2. The average Bonchev–Trinajstić information content (AvgIpc) is 2.44. The van der Waals surface area contributed by atoms with Gasteiger partial charge in [0.15, 0.2) is 11.5 Å². The SMILES string of the molecule is COc1cc(NC(=O)CCNC(C)(C)C)cc(OC)c1OC. The van der Waals surface area contributed by atoms with Crippen LogP contribution in [0.4, 0.5) is 5.69 Å². The Bertz CT molecular complexity index is 484. The number of ether oxygens (including phenoxy) is 3. The van der Waals surface area contributed by atoms with Crippen molar-refractivity contribution in [2.75, 3.05) is 33.2 Å². The maximum atomic E-state index is 12.0. The molecule has 124 valence electrons. The highest BCUT2D eigenvalue weighted by molar-refractivity contribution is 5.91. The molecular weight excluding hydrogens is 284 g/mol. The predicted molar refractivity (Wildman–Crippen MR) is 87.1 cm³/mol. The van der Waals surface area contributed by atoms with Gasteiger partial charge >= 0.3 is 0 Å². The van der Waals surface area contributed by atoms with E-state index in [0.29, 0.717) is 35.9 Å². The molecule has 6 heteroatoms. The molecule has 0 aromatic heterocycles. The van der Waals surface area contributed by atoms with Gasteiger partial charge in [-0.25, -0.2) is 0 Å². The number of carbonyl (C=O) groups is 1. The van der Waals surface area contributed by atoms with Crippen molar-refractivity contribution in [3.8, 4) is 17.2 Å². The van der Waals surface area contributed by atoms with Gasteiger partial charge < -0.3 is 24.8 Å². The van der Waals surface area contributed by atoms with Crippen molar-refractivity contribution in [2.24, 2.45) is 0 Å². The molecule has 0 saturated heterocycles. The van der Waals surface area contributed by atoms with Gasteiger partial charge in [0.05, 0.1) is 21.3 Å². The van der Waals surface area contributed by atoms with Crippen LogP contribution in [0.3, 0.4) is 0 Å². The van der Waals surface area contributed by atoms with E-state index in [1.165, 1.54) is 21.3 Å². The van der Waals surface area contributed by atoms with E-state index < -0.39 is 0 Å². The minimum Gasteiger partial charge on any atom is -0.493 e. The monoisotopic (exact) mass is 310 g/mol. The van der Waals surface area contributed by atoms with E-state index in [-0.39, 0.29) is 11.4 Å². The first-order chi connectivity index (χ1) is 10.3. The minimum atomic E-state index is -0.0778. The Morgan fingerprint density at radius 3 is 2.00 bits per heavy atom. The summed E-state index contributed by atoms with van der Waals surface area (Å²) in [5.74, 6) is 1.43. The Morgan fingerprint density at radius 1 is 1.05 bits per heavy atom. The number of hydrogen-bond acceptors (Lipinski definition) is 5. The fraction of sp³-hybridized carbons (Fsp3) is 0.562. The van der Waals surface area contributed by atoms with Crippen LogP contribution in [0.1, 0.15) is 27.2 Å². The standard InChI is InChI=1S/C16H26N2O4/c1-16(2,3)17-8-7-14(19)18-11-9-12(20-4)15(22-6)13(10-11)21-5/h9-10,17H,7-8H2,1-6H3,(H,18,19). The van der Waals surface area contributed by atoms with Crippen molar-refractivity contribution < 1.29 is 19.0 Å². The number of amides is 1. The van der Waals surface area contributed by atoms with E-state index in [1.807, 2.05) is 0 Å². The van der Waals surface area contributed by atoms with Gasteiger partial charge in [0.25, 0.3) is 0 Å². The van der Waals surface area contributed by atoms with Gasteiger partial charge in [0.2, 0.25) is 11.7 Å². The molecule has 0 aliphatic carbocycles. The summed E-state index contributed by atoms with van der Waals surface area (Å²) in [7, 11) is 4.61. The minimum absolute atomic E-state index is 0.00711. The van der Waals surface area contributed by atoms with Gasteiger partial charge in [0.1, 0.15) is 0 Å². The van der Waals surface area contributed by atoms with Crippen LogP contribution in [0.5, 0.6) is 17.2 Å². The van der Waals surface area contributed by atoms with Gasteiger partial charge in [-0.05, 0) is 20.8 Å². The summed E-state index contributed by atoms with van der Waals surface area (Å²) < 4.78 is 15.8. The average molecular weight is 310 g/mol. The highest BCUT2D eigenvalue weighted by Crippen LogP contribution is 2.39. The Balaban J connectivity index is 2.75. The Morgan fingerprint density at radius 2 is 1.59 bits per heavy atom.